The fraction of sp³-hybridized carbons (Fsp3) is 0.231. The van der Waals surface area contributed by atoms with Crippen molar-refractivity contribution in [1.82, 2.24) is 9.78 Å². The maximum atomic E-state index is 12.9. The zero-order valence-corrected chi connectivity index (χ0v) is 19.5. The largest absolute Gasteiger partial charge is 0.469 e. The molecule has 4 rings (SSSR count). The van der Waals surface area contributed by atoms with Crippen molar-refractivity contribution in [3.63, 3.8) is 0 Å². The summed E-state index contributed by atoms with van der Waals surface area (Å²) in [5, 5.41) is 5.35. The molecule has 0 aliphatic rings. The number of hydrogen-bond donors (Lipinski definition) is 0. The minimum Gasteiger partial charge on any atom is -0.469 e. The summed E-state index contributed by atoms with van der Waals surface area (Å²) < 4.78 is 45.2. The molecule has 0 unspecified atom stereocenters. The van der Waals surface area contributed by atoms with Crippen LogP contribution in [-0.2, 0) is 27.9 Å². The van der Waals surface area contributed by atoms with Gasteiger partial charge in [0.25, 0.3) is 0 Å². The fourth-order valence-electron chi connectivity index (χ4n) is 3.79. The van der Waals surface area contributed by atoms with Crippen molar-refractivity contribution in [2.75, 3.05) is 7.11 Å². The number of aromatic nitrogens is 2. The van der Waals surface area contributed by atoms with Gasteiger partial charge >= 0.3 is 12.1 Å². The van der Waals surface area contributed by atoms with Crippen LogP contribution in [0.25, 0.3) is 16.6 Å². The van der Waals surface area contributed by atoms with E-state index in [-0.39, 0.29) is 5.97 Å². The fourth-order valence-corrected chi connectivity index (χ4v) is 4.77. The molecule has 0 spiro atoms. The first-order valence-electron chi connectivity index (χ1n) is 10.7. The van der Waals surface area contributed by atoms with E-state index in [2.05, 4.69) is 11.2 Å². The Morgan fingerprint density at radius 3 is 2.50 bits per heavy atom. The van der Waals surface area contributed by atoms with Gasteiger partial charge in [0.2, 0.25) is 0 Å². The average Bonchev–Trinajstić information content (AvgIpc) is 3.26. The molecule has 4 nitrogen and oxygen atoms in total. The van der Waals surface area contributed by atoms with E-state index in [0.717, 1.165) is 44.6 Å². The molecule has 0 saturated carbocycles. The minimum atomic E-state index is -4.38. The van der Waals surface area contributed by atoms with E-state index in [4.69, 9.17) is 4.74 Å². The van der Waals surface area contributed by atoms with E-state index in [1.807, 2.05) is 37.3 Å². The van der Waals surface area contributed by atoms with Gasteiger partial charge in [-0.2, -0.15) is 18.3 Å². The van der Waals surface area contributed by atoms with Crippen LogP contribution < -0.4 is 0 Å². The number of alkyl halides is 3. The summed E-state index contributed by atoms with van der Waals surface area (Å²) in [5.74, 6) is 0.445. The molecule has 0 N–H and O–H groups in total. The first-order chi connectivity index (χ1) is 16.3. The van der Waals surface area contributed by atoms with Crippen LogP contribution >= 0.6 is 11.8 Å². The zero-order valence-electron chi connectivity index (χ0n) is 18.7. The Morgan fingerprint density at radius 2 is 1.82 bits per heavy atom. The number of fused-ring (bicyclic) bond motifs is 1. The molecule has 176 valence electrons. The molecule has 0 saturated heterocycles. The Hall–Kier alpha value is -3.26. The van der Waals surface area contributed by atoms with Crippen molar-refractivity contribution < 1.29 is 22.7 Å². The topological polar surface area (TPSA) is 44.1 Å². The lowest BCUT2D eigenvalue weighted by Crippen LogP contribution is -2.05. The van der Waals surface area contributed by atoms with Gasteiger partial charge in [0.1, 0.15) is 0 Å². The number of rotatable bonds is 7. The summed E-state index contributed by atoms with van der Waals surface area (Å²) in [6.07, 6.45) is -1.67. The highest BCUT2D eigenvalue weighted by atomic mass is 32.2. The first kappa shape index (κ1) is 23.9. The van der Waals surface area contributed by atoms with Crippen LogP contribution in [0, 0.1) is 6.92 Å². The highest BCUT2D eigenvalue weighted by Crippen LogP contribution is 2.32. The normalized spacial score (nSPS) is 11.7. The lowest BCUT2D eigenvalue weighted by molar-refractivity contribution is -0.140. The van der Waals surface area contributed by atoms with Gasteiger partial charge in [0.05, 0.1) is 30.1 Å². The number of thioether (sulfide) groups is 1. The molecule has 0 aliphatic carbocycles. The third kappa shape index (κ3) is 5.28. The number of esters is 1. The summed E-state index contributed by atoms with van der Waals surface area (Å²) >= 11 is 1.67. The minimum absolute atomic E-state index is 0.226. The summed E-state index contributed by atoms with van der Waals surface area (Å²) in [5.41, 5.74) is 4.02. The van der Waals surface area contributed by atoms with Crippen LogP contribution in [0.3, 0.4) is 0 Å². The second kappa shape index (κ2) is 9.93. The van der Waals surface area contributed by atoms with E-state index in [1.165, 1.54) is 19.2 Å². The molecule has 8 heteroatoms. The molecule has 0 fully saturated rings. The van der Waals surface area contributed by atoms with Crippen LogP contribution in [0.4, 0.5) is 13.2 Å². The maximum absolute atomic E-state index is 12.9. The van der Waals surface area contributed by atoms with Crippen LogP contribution in [0.1, 0.15) is 28.7 Å². The van der Waals surface area contributed by atoms with Gasteiger partial charge in [-0.3, -0.25) is 4.79 Å². The lowest BCUT2D eigenvalue weighted by Gasteiger charge is -2.11. The molecule has 1 heterocycles. The lowest BCUT2D eigenvalue weighted by atomic mass is 10.0. The highest BCUT2D eigenvalue weighted by Gasteiger charge is 2.30. The number of aryl methyl sites for hydroxylation is 2. The third-order valence-corrected chi connectivity index (χ3v) is 6.69. The average molecular weight is 485 g/mol. The molecule has 3 aromatic carbocycles. The molecular formula is C26H23F3N2O2S. The van der Waals surface area contributed by atoms with Crippen molar-refractivity contribution in [3.8, 4) is 5.69 Å². The van der Waals surface area contributed by atoms with Crippen molar-refractivity contribution in [3.05, 3.63) is 89.1 Å². The Labute approximate surface area is 199 Å². The molecule has 0 atom stereocenters. The van der Waals surface area contributed by atoms with Crippen molar-refractivity contribution in [2.45, 2.75) is 36.6 Å². The van der Waals surface area contributed by atoms with Crippen molar-refractivity contribution in [2.24, 2.45) is 0 Å². The molecule has 0 aliphatic heterocycles. The van der Waals surface area contributed by atoms with E-state index in [9.17, 15) is 18.0 Å². The molecule has 4 aromatic rings. The van der Waals surface area contributed by atoms with Crippen LogP contribution in [0.2, 0.25) is 0 Å². The van der Waals surface area contributed by atoms with Crippen molar-refractivity contribution >= 4 is 28.6 Å². The quantitative estimate of drug-likeness (QED) is 0.215. The number of benzene rings is 3. The summed E-state index contributed by atoms with van der Waals surface area (Å²) in [6.45, 7) is 2.02. The van der Waals surface area contributed by atoms with Gasteiger partial charge in [-0.15, -0.1) is 11.8 Å². The van der Waals surface area contributed by atoms with Crippen LogP contribution in [0.15, 0.2) is 71.8 Å². The number of carbonyl (C=O) groups is 1. The summed E-state index contributed by atoms with van der Waals surface area (Å²) in [4.78, 5) is 12.5. The highest BCUT2D eigenvalue weighted by molar-refractivity contribution is 7.98. The van der Waals surface area contributed by atoms with Gasteiger partial charge < -0.3 is 4.74 Å². The Bertz CT molecular complexity index is 1310. The Balaban J connectivity index is 1.55. The molecule has 34 heavy (non-hydrogen) atoms. The number of carbonyl (C=O) groups excluding carboxylic acids is 1. The molecule has 0 amide bonds. The monoisotopic (exact) mass is 484 g/mol. The molecule has 1 aromatic heterocycles. The number of methoxy groups -OCH3 is 1. The number of ether oxygens (including phenoxy) is 1. The van der Waals surface area contributed by atoms with Gasteiger partial charge in [0, 0.05) is 22.5 Å². The van der Waals surface area contributed by atoms with E-state index < -0.39 is 11.7 Å². The van der Waals surface area contributed by atoms with Gasteiger partial charge in [-0.05, 0) is 66.4 Å². The predicted molar refractivity (Wildman–Crippen MR) is 127 cm³/mol. The summed E-state index contributed by atoms with van der Waals surface area (Å²) in [7, 11) is 1.39. The van der Waals surface area contributed by atoms with E-state index in [1.54, 1.807) is 22.6 Å². The smallest absolute Gasteiger partial charge is 0.416 e. The van der Waals surface area contributed by atoms with E-state index in [0.29, 0.717) is 24.3 Å². The number of hydrogen-bond acceptors (Lipinski definition) is 4. The zero-order chi connectivity index (χ0) is 24.3. The van der Waals surface area contributed by atoms with Crippen LogP contribution in [-0.4, -0.2) is 22.9 Å². The molecule has 0 bridgehead atoms. The second-order valence-electron chi connectivity index (χ2n) is 7.91. The molecule has 0 radical (unpaired) electrons. The summed E-state index contributed by atoms with van der Waals surface area (Å²) in [6, 6.07) is 17.1. The standard InChI is InChI=1S/C26H23F3N2O2S/c1-17-14-23(12-6-18(17)7-13-24(32)33-2)34-16-20-5-3-4-19-15-30-31(25(19)20)22-10-8-21(9-11-22)26(27,28)29/h3-6,8-12,14-15H,7,13,16H2,1-2H3. The van der Waals surface area contributed by atoms with Gasteiger partial charge in [0.15, 0.2) is 0 Å². The predicted octanol–water partition coefficient (Wildman–Crippen LogP) is 6.75. The number of para-hydroxylation sites is 1. The third-order valence-electron chi connectivity index (χ3n) is 5.65. The number of halogens is 3. The Kier molecular flexibility index (Phi) is 6.97. The van der Waals surface area contributed by atoms with E-state index >= 15 is 0 Å². The van der Waals surface area contributed by atoms with Gasteiger partial charge in [-0.1, -0.05) is 24.3 Å². The van der Waals surface area contributed by atoms with Crippen molar-refractivity contribution in [1.29, 1.82) is 0 Å². The van der Waals surface area contributed by atoms with Gasteiger partial charge in [-0.25, -0.2) is 4.68 Å². The van der Waals surface area contributed by atoms with Crippen LogP contribution in [0.5, 0.6) is 0 Å². The SMILES string of the molecule is COC(=O)CCc1ccc(SCc2cccc3cnn(-c4ccc(C(F)(F)F)cc4)c23)cc1C. The maximum Gasteiger partial charge on any atom is 0.416 e. The Morgan fingerprint density at radius 1 is 1.06 bits per heavy atom. The second-order valence-corrected chi connectivity index (χ2v) is 8.96. The first-order valence-corrected chi connectivity index (χ1v) is 11.7. The number of nitrogens with zero attached hydrogens (tertiary/aromatic N) is 2. The molecular weight excluding hydrogens is 461 g/mol.